The van der Waals surface area contributed by atoms with E-state index < -0.39 is 11.9 Å². The second kappa shape index (κ2) is 11.3. The van der Waals surface area contributed by atoms with Crippen LogP contribution >= 0.6 is 0 Å². The smallest absolute Gasteiger partial charge is 0.255 e. The second-order valence-electron chi connectivity index (χ2n) is 9.49. The van der Waals surface area contributed by atoms with Gasteiger partial charge >= 0.3 is 0 Å². The molecule has 0 saturated carbocycles. The number of amides is 3. The molecule has 0 aromatic heterocycles. The molecule has 0 bridgehead atoms. The minimum atomic E-state index is -0.681. The lowest BCUT2D eigenvalue weighted by molar-refractivity contribution is -0.136. The van der Waals surface area contributed by atoms with Crippen molar-refractivity contribution < 1.29 is 28.2 Å². The summed E-state index contributed by atoms with van der Waals surface area (Å²) in [6, 6.07) is 9.37. The van der Waals surface area contributed by atoms with Gasteiger partial charge in [-0.2, -0.15) is 0 Å². The molecule has 0 radical (unpaired) electrons. The van der Waals surface area contributed by atoms with Crippen LogP contribution in [0.5, 0.6) is 5.75 Å². The summed E-state index contributed by atoms with van der Waals surface area (Å²) < 4.78 is 25.8. The molecule has 196 valence electrons. The number of imide groups is 1. The van der Waals surface area contributed by atoms with Gasteiger partial charge < -0.3 is 19.7 Å². The van der Waals surface area contributed by atoms with E-state index in [4.69, 9.17) is 9.47 Å². The van der Waals surface area contributed by atoms with E-state index in [-0.39, 0.29) is 37.1 Å². The zero-order valence-corrected chi connectivity index (χ0v) is 20.6. The monoisotopic (exact) mass is 510 g/mol. The first-order chi connectivity index (χ1) is 18.0. The summed E-state index contributed by atoms with van der Waals surface area (Å²) in [7, 11) is 0. The highest BCUT2D eigenvalue weighted by Crippen LogP contribution is 2.32. The van der Waals surface area contributed by atoms with Gasteiger partial charge in [0.2, 0.25) is 11.8 Å². The Morgan fingerprint density at radius 1 is 1.14 bits per heavy atom. The molecule has 5 rings (SSSR count). The molecule has 2 aromatic rings. The third kappa shape index (κ3) is 5.75. The number of morpholine rings is 1. The van der Waals surface area contributed by atoms with Crippen molar-refractivity contribution in [2.24, 2.45) is 0 Å². The fourth-order valence-electron chi connectivity index (χ4n) is 5.02. The van der Waals surface area contributed by atoms with Crippen molar-refractivity contribution in [3.05, 3.63) is 58.9 Å². The van der Waals surface area contributed by atoms with Crippen LogP contribution in [0.15, 0.2) is 36.4 Å². The average molecular weight is 511 g/mol. The molecule has 3 amide bonds. The molecule has 2 aromatic carbocycles. The largest absolute Gasteiger partial charge is 0.494 e. The number of rotatable bonds is 9. The number of nitrogens with zero attached hydrogens (tertiary/aromatic N) is 2. The van der Waals surface area contributed by atoms with E-state index in [2.05, 4.69) is 15.5 Å². The fraction of sp³-hybridized carbons (Fsp3) is 0.444. The number of hydrogen-bond donors (Lipinski definition) is 2. The van der Waals surface area contributed by atoms with Gasteiger partial charge in [-0.3, -0.25) is 24.6 Å². The molecule has 0 spiro atoms. The van der Waals surface area contributed by atoms with Crippen LogP contribution < -0.4 is 15.4 Å². The van der Waals surface area contributed by atoms with Crippen molar-refractivity contribution >= 4 is 23.4 Å². The molecule has 2 saturated heterocycles. The molecule has 2 N–H and O–H groups in total. The Morgan fingerprint density at radius 3 is 2.78 bits per heavy atom. The number of piperidine rings is 1. The molecule has 10 heteroatoms. The number of halogens is 1. The molecule has 2 fully saturated rings. The lowest BCUT2D eigenvalue weighted by Gasteiger charge is -2.29. The third-order valence-electron chi connectivity index (χ3n) is 7.06. The van der Waals surface area contributed by atoms with E-state index >= 15 is 0 Å². The molecular formula is C27H31FN4O5. The van der Waals surface area contributed by atoms with Gasteiger partial charge in [0.1, 0.15) is 17.6 Å². The summed E-state index contributed by atoms with van der Waals surface area (Å²) in [6.45, 7) is 5.34. The fourth-order valence-corrected chi connectivity index (χ4v) is 5.02. The normalized spacial score (nSPS) is 20.1. The summed E-state index contributed by atoms with van der Waals surface area (Å²) in [5.41, 5.74) is 2.42. The van der Waals surface area contributed by atoms with Gasteiger partial charge in [0, 0.05) is 61.5 Å². The molecular weight excluding hydrogens is 479 g/mol. The Labute approximate surface area is 214 Å². The van der Waals surface area contributed by atoms with Crippen molar-refractivity contribution in [1.82, 2.24) is 15.1 Å². The maximum absolute atomic E-state index is 14.6. The molecule has 0 unspecified atom stereocenters. The van der Waals surface area contributed by atoms with Crippen molar-refractivity contribution in [2.75, 3.05) is 44.8 Å². The van der Waals surface area contributed by atoms with Crippen LogP contribution in [0.25, 0.3) is 0 Å². The number of carbonyl (C=O) groups excluding carboxylic acids is 3. The van der Waals surface area contributed by atoms with Crippen molar-refractivity contribution in [2.45, 2.75) is 38.4 Å². The van der Waals surface area contributed by atoms with Gasteiger partial charge in [-0.05, 0) is 43.2 Å². The van der Waals surface area contributed by atoms with Crippen LogP contribution in [0.1, 0.15) is 40.7 Å². The van der Waals surface area contributed by atoms with E-state index in [0.717, 1.165) is 44.8 Å². The highest BCUT2D eigenvalue weighted by atomic mass is 19.1. The van der Waals surface area contributed by atoms with Crippen molar-refractivity contribution in [3.63, 3.8) is 0 Å². The van der Waals surface area contributed by atoms with E-state index in [1.165, 1.54) is 11.0 Å². The Balaban J connectivity index is 1.19. The zero-order chi connectivity index (χ0) is 25.8. The summed E-state index contributed by atoms with van der Waals surface area (Å²) in [4.78, 5) is 40.7. The quantitative estimate of drug-likeness (QED) is 0.395. The Morgan fingerprint density at radius 2 is 1.97 bits per heavy atom. The van der Waals surface area contributed by atoms with Gasteiger partial charge in [0.05, 0.1) is 19.8 Å². The van der Waals surface area contributed by atoms with Crippen LogP contribution in [-0.2, 0) is 27.4 Å². The van der Waals surface area contributed by atoms with Crippen molar-refractivity contribution in [3.8, 4) is 5.75 Å². The Hall–Kier alpha value is -3.50. The first-order valence-electron chi connectivity index (χ1n) is 12.7. The lowest BCUT2D eigenvalue weighted by Crippen LogP contribution is -2.52. The maximum atomic E-state index is 14.6. The number of hydrogen-bond acceptors (Lipinski definition) is 7. The first-order valence-corrected chi connectivity index (χ1v) is 12.7. The average Bonchev–Trinajstić information content (AvgIpc) is 3.24. The molecule has 9 nitrogen and oxygen atoms in total. The number of ether oxygens (including phenoxy) is 2. The third-order valence-corrected chi connectivity index (χ3v) is 7.06. The summed E-state index contributed by atoms with van der Waals surface area (Å²) in [5, 5.41) is 5.57. The summed E-state index contributed by atoms with van der Waals surface area (Å²) >= 11 is 0. The topological polar surface area (TPSA) is 100 Å². The molecule has 3 heterocycles. The van der Waals surface area contributed by atoms with E-state index in [1.54, 1.807) is 24.3 Å². The van der Waals surface area contributed by atoms with Crippen LogP contribution in [-0.4, -0.2) is 73.0 Å². The number of nitrogens with one attached hydrogen (secondary N) is 2. The van der Waals surface area contributed by atoms with Gasteiger partial charge in [-0.15, -0.1) is 0 Å². The number of fused-ring (bicyclic) bond motifs is 1. The van der Waals surface area contributed by atoms with Gasteiger partial charge in [0.25, 0.3) is 5.91 Å². The number of anilines is 1. The van der Waals surface area contributed by atoms with E-state index in [0.29, 0.717) is 35.6 Å². The van der Waals surface area contributed by atoms with Gasteiger partial charge in [-0.25, -0.2) is 4.39 Å². The Kier molecular flexibility index (Phi) is 7.66. The van der Waals surface area contributed by atoms with Crippen LogP contribution in [0.2, 0.25) is 0 Å². The predicted octanol–water partition coefficient (Wildman–Crippen LogP) is 2.30. The highest BCUT2D eigenvalue weighted by Gasteiger charge is 2.39. The van der Waals surface area contributed by atoms with E-state index in [1.807, 2.05) is 6.07 Å². The van der Waals surface area contributed by atoms with E-state index in [9.17, 15) is 18.8 Å². The van der Waals surface area contributed by atoms with Crippen molar-refractivity contribution in [1.29, 1.82) is 0 Å². The minimum Gasteiger partial charge on any atom is -0.494 e. The molecule has 1 atom stereocenters. The molecule has 3 aliphatic heterocycles. The lowest BCUT2D eigenvalue weighted by atomic mass is 10.0. The molecule has 3 aliphatic rings. The second-order valence-corrected chi connectivity index (χ2v) is 9.49. The predicted molar refractivity (Wildman–Crippen MR) is 134 cm³/mol. The van der Waals surface area contributed by atoms with Crippen LogP contribution in [0.4, 0.5) is 10.1 Å². The van der Waals surface area contributed by atoms with Crippen LogP contribution in [0.3, 0.4) is 0 Å². The molecule has 0 aliphatic carbocycles. The summed E-state index contributed by atoms with van der Waals surface area (Å²) in [5.74, 6) is -0.750. The first kappa shape index (κ1) is 25.2. The number of benzene rings is 2. The zero-order valence-electron chi connectivity index (χ0n) is 20.6. The minimum absolute atomic E-state index is 0.201. The van der Waals surface area contributed by atoms with Gasteiger partial charge in [0.15, 0.2) is 0 Å². The Bertz CT molecular complexity index is 1180. The standard InChI is InChI=1S/C27H31FN4O5/c28-22-6-5-19(37-12-2-9-31-10-13-36-14-11-31)15-18(22)16-29-23-4-1-3-20-21(23)17-32(27(20)35)24-7-8-25(33)30-26(24)34/h1,3-6,15,24,29H,2,7-14,16-17H2,(H,30,33,34)/t24-/m1/s1. The SMILES string of the molecule is O=C1CC[C@@H](N2Cc3c(NCc4cc(OCCCN5CCOCC5)ccc4F)cccc3C2=O)C(=O)N1. The molecule has 37 heavy (non-hydrogen) atoms. The maximum Gasteiger partial charge on any atom is 0.255 e. The summed E-state index contributed by atoms with van der Waals surface area (Å²) in [6.07, 6.45) is 1.38. The highest BCUT2D eigenvalue weighted by molar-refractivity contribution is 6.06. The van der Waals surface area contributed by atoms with Crippen LogP contribution in [0, 0.1) is 5.82 Å². The van der Waals surface area contributed by atoms with Gasteiger partial charge in [-0.1, -0.05) is 6.07 Å². The number of carbonyl (C=O) groups is 3.